The first-order valence-electron chi connectivity index (χ1n) is 9.04. The van der Waals surface area contributed by atoms with E-state index in [1.165, 1.54) is 0 Å². The molecule has 0 spiro atoms. The van der Waals surface area contributed by atoms with E-state index < -0.39 is 5.97 Å². The predicted molar refractivity (Wildman–Crippen MR) is 106 cm³/mol. The van der Waals surface area contributed by atoms with Crippen LogP contribution in [-0.2, 0) is 0 Å². The lowest BCUT2D eigenvalue weighted by Gasteiger charge is -2.28. The van der Waals surface area contributed by atoms with Crippen LogP contribution >= 0.6 is 0 Å². The number of piperazine rings is 1. The number of pyridine rings is 1. The SMILES string of the molecule is N#Cc1cc(-c2ccnc(-c3ccc(C(=O)O)cc3)c2)[nH]c1N1CCNCC1. The molecule has 0 amide bonds. The maximum atomic E-state index is 11.0. The predicted octanol–water partition coefficient (Wildman–Crippen LogP) is 2.72. The summed E-state index contributed by atoms with van der Waals surface area (Å²) in [4.78, 5) is 21.0. The number of carbonyl (C=O) groups is 1. The van der Waals surface area contributed by atoms with Gasteiger partial charge in [0.25, 0.3) is 0 Å². The van der Waals surface area contributed by atoms with Gasteiger partial charge in [0.15, 0.2) is 0 Å². The van der Waals surface area contributed by atoms with Gasteiger partial charge >= 0.3 is 5.97 Å². The zero-order valence-corrected chi connectivity index (χ0v) is 15.1. The van der Waals surface area contributed by atoms with Crippen LogP contribution in [0.3, 0.4) is 0 Å². The molecular weight excluding hydrogens is 354 g/mol. The van der Waals surface area contributed by atoms with Gasteiger partial charge in [0.1, 0.15) is 11.9 Å². The number of anilines is 1. The Morgan fingerprint density at radius 1 is 1.11 bits per heavy atom. The van der Waals surface area contributed by atoms with Crippen LogP contribution in [0.2, 0.25) is 0 Å². The molecule has 1 aliphatic heterocycles. The monoisotopic (exact) mass is 373 g/mol. The van der Waals surface area contributed by atoms with Crippen molar-refractivity contribution in [1.82, 2.24) is 15.3 Å². The summed E-state index contributed by atoms with van der Waals surface area (Å²) in [6.45, 7) is 3.49. The molecule has 1 saturated heterocycles. The molecular formula is C21H19N5O2. The van der Waals surface area contributed by atoms with Gasteiger partial charge in [0.05, 0.1) is 16.8 Å². The third-order valence-corrected chi connectivity index (χ3v) is 4.85. The number of nitrogens with one attached hydrogen (secondary N) is 2. The normalized spacial score (nSPS) is 13.9. The number of aromatic amines is 1. The Labute approximate surface area is 162 Å². The van der Waals surface area contributed by atoms with E-state index in [1.54, 1.807) is 30.5 Å². The van der Waals surface area contributed by atoms with Gasteiger partial charge in [0.2, 0.25) is 0 Å². The summed E-state index contributed by atoms with van der Waals surface area (Å²) in [5, 5.41) is 21.9. The number of hydrogen-bond acceptors (Lipinski definition) is 5. The molecule has 28 heavy (non-hydrogen) atoms. The highest BCUT2D eigenvalue weighted by Gasteiger charge is 2.18. The van der Waals surface area contributed by atoms with E-state index in [0.717, 1.165) is 54.5 Å². The molecule has 4 rings (SSSR count). The highest BCUT2D eigenvalue weighted by atomic mass is 16.4. The van der Waals surface area contributed by atoms with Crippen LogP contribution in [0.25, 0.3) is 22.5 Å². The van der Waals surface area contributed by atoms with Crippen LogP contribution < -0.4 is 10.2 Å². The number of benzene rings is 1. The van der Waals surface area contributed by atoms with Crippen LogP contribution in [0.5, 0.6) is 0 Å². The molecule has 0 saturated carbocycles. The fourth-order valence-electron chi connectivity index (χ4n) is 3.36. The van der Waals surface area contributed by atoms with E-state index in [2.05, 4.69) is 26.3 Å². The summed E-state index contributed by atoms with van der Waals surface area (Å²) in [5.74, 6) is -0.104. The average Bonchev–Trinajstić information content (AvgIpc) is 3.19. The van der Waals surface area contributed by atoms with Gasteiger partial charge in [-0.1, -0.05) is 12.1 Å². The molecule has 1 fully saturated rings. The Morgan fingerprint density at radius 3 is 2.54 bits per heavy atom. The van der Waals surface area contributed by atoms with Crippen molar-refractivity contribution in [3.05, 3.63) is 59.8 Å². The minimum Gasteiger partial charge on any atom is -0.478 e. The molecule has 140 valence electrons. The van der Waals surface area contributed by atoms with Crippen LogP contribution in [0.4, 0.5) is 5.82 Å². The average molecular weight is 373 g/mol. The molecule has 0 radical (unpaired) electrons. The highest BCUT2D eigenvalue weighted by molar-refractivity contribution is 5.88. The number of rotatable bonds is 4. The van der Waals surface area contributed by atoms with Crippen molar-refractivity contribution in [3.8, 4) is 28.6 Å². The third-order valence-electron chi connectivity index (χ3n) is 4.85. The van der Waals surface area contributed by atoms with E-state index in [1.807, 2.05) is 18.2 Å². The lowest BCUT2D eigenvalue weighted by Crippen LogP contribution is -2.44. The second-order valence-electron chi connectivity index (χ2n) is 6.61. The van der Waals surface area contributed by atoms with Gasteiger partial charge < -0.3 is 20.3 Å². The summed E-state index contributed by atoms with van der Waals surface area (Å²) in [7, 11) is 0. The van der Waals surface area contributed by atoms with E-state index in [9.17, 15) is 10.1 Å². The first-order chi connectivity index (χ1) is 13.7. The Kier molecular flexibility index (Phi) is 4.79. The van der Waals surface area contributed by atoms with Gasteiger partial charge in [0, 0.05) is 49.2 Å². The minimum absolute atomic E-state index is 0.239. The van der Waals surface area contributed by atoms with E-state index in [4.69, 9.17) is 5.11 Å². The topological polar surface area (TPSA) is 105 Å². The molecule has 3 aromatic rings. The maximum Gasteiger partial charge on any atom is 0.335 e. The summed E-state index contributed by atoms with van der Waals surface area (Å²) >= 11 is 0. The van der Waals surface area contributed by atoms with Crippen molar-refractivity contribution < 1.29 is 9.90 Å². The summed E-state index contributed by atoms with van der Waals surface area (Å²) in [6, 6.07) is 14.6. The van der Waals surface area contributed by atoms with Crippen molar-refractivity contribution >= 4 is 11.8 Å². The largest absolute Gasteiger partial charge is 0.478 e. The first kappa shape index (κ1) is 17.8. The molecule has 0 unspecified atom stereocenters. The number of hydrogen-bond donors (Lipinski definition) is 3. The number of carboxylic acid groups (broad SMARTS) is 1. The molecule has 7 nitrogen and oxygen atoms in total. The van der Waals surface area contributed by atoms with Crippen molar-refractivity contribution in [2.24, 2.45) is 0 Å². The lowest BCUT2D eigenvalue weighted by molar-refractivity contribution is 0.0697. The quantitative estimate of drug-likeness (QED) is 0.649. The van der Waals surface area contributed by atoms with Crippen molar-refractivity contribution in [3.63, 3.8) is 0 Å². The van der Waals surface area contributed by atoms with Crippen LogP contribution in [0.1, 0.15) is 15.9 Å². The fourth-order valence-corrected chi connectivity index (χ4v) is 3.36. The molecule has 0 bridgehead atoms. The van der Waals surface area contributed by atoms with Crippen LogP contribution in [0.15, 0.2) is 48.7 Å². The summed E-state index contributed by atoms with van der Waals surface area (Å²) < 4.78 is 0. The number of nitriles is 1. The standard InChI is InChI=1S/C21H19N5O2/c22-13-17-12-19(25-20(17)26-9-7-23-8-10-26)16-5-6-24-18(11-16)14-1-3-15(4-2-14)21(27)28/h1-6,11-12,23,25H,7-10H2,(H,27,28). The number of nitrogens with zero attached hydrogens (tertiary/aromatic N) is 3. The molecule has 1 aromatic carbocycles. The first-order valence-corrected chi connectivity index (χ1v) is 9.04. The van der Waals surface area contributed by atoms with Gasteiger partial charge in [-0.2, -0.15) is 5.26 Å². The van der Waals surface area contributed by atoms with Crippen molar-refractivity contribution in [2.75, 3.05) is 31.1 Å². The molecule has 3 heterocycles. The third kappa shape index (κ3) is 3.46. The zero-order valence-electron chi connectivity index (χ0n) is 15.1. The fraction of sp³-hybridized carbons (Fsp3) is 0.190. The van der Waals surface area contributed by atoms with Gasteiger partial charge in [-0.15, -0.1) is 0 Å². The number of carboxylic acids is 1. The van der Waals surface area contributed by atoms with E-state index in [-0.39, 0.29) is 5.56 Å². The molecule has 0 aliphatic carbocycles. The summed E-state index contributed by atoms with van der Waals surface area (Å²) in [5.41, 5.74) is 4.22. The van der Waals surface area contributed by atoms with Gasteiger partial charge in [-0.05, 0) is 30.3 Å². The molecule has 0 atom stereocenters. The second-order valence-corrected chi connectivity index (χ2v) is 6.61. The van der Waals surface area contributed by atoms with Crippen LogP contribution in [0, 0.1) is 11.3 Å². The number of aromatic nitrogens is 2. The lowest BCUT2D eigenvalue weighted by atomic mass is 10.1. The molecule has 2 aromatic heterocycles. The maximum absolute atomic E-state index is 11.0. The zero-order chi connectivity index (χ0) is 19.5. The highest BCUT2D eigenvalue weighted by Crippen LogP contribution is 2.29. The Morgan fingerprint density at radius 2 is 1.86 bits per heavy atom. The molecule has 3 N–H and O–H groups in total. The van der Waals surface area contributed by atoms with E-state index in [0.29, 0.717) is 5.56 Å². The van der Waals surface area contributed by atoms with Crippen LogP contribution in [-0.4, -0.2) is 47.2 Å². The second kappa shape index (κ2) is 7.55. The van der Waals surface area contributed by atoms with Crippen molar-refractivity contribution in [2.45, 2.75) is 0 Å². The number of aromatic carboxylic acids is 1. The Hall–Kier alpha value is -3.63. The van der Waals surface area contributed by atoms with Crippen molar-refractivity contribution in [1.29, 1.82) is 5.26 Å². The Bertz CT molecular complexity index is 1040. The molecule has 1 aliphatic rings. The number of H-pyrrole nitrogens is 1. The minimum atomic E-state index is -0.955. The Balaban J connectivity index is 1.67. The van der Waals surface area contributed by atoms with Gasteiger partial charge in [-0.3, -0.25) is 4.98 Å². The summed E-state index contributed by atoms with van der Waals surface area (Å²) in [6.07, 6.45) is 1.72. The van der Waals surface area contributed by atoms with Gasteiger partial charge in [-0.25, -0.2) is 4.79 Å². The smallest absolute Gasteiger partial charge is 0.335 e. The molecule has 7 heteroatoms. The van der Waals surface area contributed by atoms with E-state index >= 15 is 0 Å².